The van der Waals surface area contributed by atoms with Crippen LogP contribution in [0.5, 0.6) is 0 Å². The molecule has 0 spiro atoms. The molecule has 0 saturated heterocycles. The van der Waals surface area contributed by atoms with Crippen LogP contribution in [0.2, 0.25) is 0 Å². The van der Waals surface area contributed by atoms with Crippen LogP contribution in [-0.4, -0.2) is 21.0 Å². The Hall–Kier alpha value is -0.500. The monoisotopic (exact) mass is 350 g/mol. The van der Waals surface area contributed by atoms with E-state index in [1.165, 1.54) is 12.1 Å². The third-order valence-electron chi connectivity index (χ3n) is 3.46. The molecule has 1 aliphatic rings. The van der Waals surface area contributed by atoms with E-state index >= 15 is 0 Å². The van der Waals surface area contributed by atoms with Crippen LogP contribution in [-0.2, 0) is 10.0 Å². The van der Waals surface area contributed by atoms with Crippen molar-refractivity contribution in [2.45, 2.75) is 30.2 Å². The number of hydrogen-bond acceptors (Lipinski definition) is 3. The molecule has 106 valence electrons. The van der Waals surface area contributed by atoms with E-state index in [1.54, 1.807) is 0 Å². The number of hydrogen-bond donors (Lipinski definition) is 2. The van der Waals surface area contributed by atoms with E-state index in [9.17, 15) is 12.8 Å². The molecule has 0 bridgehead atoms. The minimum atomic E-state index is -3.88. The van der Waals surface area contributed by atoms with E-state index in [4.69, 9.17) is 5.73 Å². The van der Waals surface area contributed by atoms with Crippen molar-refractivity contribution < 1.29 is 12.8 Å². The van der Waals surface area contributed by atoms with Crippen molar-refractivity contribution in [1.29, 1.82) is 0 Å². The van der Waals surface area contributed by atoms with Crippen LogP contribution in [0, 0.1) is 11.7 Å². The van der Waals surface area contributed by atoms with Crippen LogP contribution in [0.3, 0.4) is 0 Å². The van der Waals surface area contributed by atoms with Crippen LogP contribution in [0.15, 0.2) is 27.6 Å². The Labute approximate surface area is 120 Å². The van der Waals surface area contributed by atoms with Crippen molar-refractivity contribution in [2.75, 3.05) is 6.54 Å². The smallest absolute Gasteiger partial charge is 0.244 e. The molecular weight excluding hydrogens is 335 g/mol. The summed E-state index contributed by atoms with van der Waals surface area (Å²) in [5.41, 5.74) is 5.62. The zero-order chi connectivity index (χ0) is 14.0. The van der Waals surface area contributed by atoms with Crippen LogP contribution in [0.1, 0.15) is 19.3 Å². The van der Waals surface area contributed by atoms with Gasteiger partial charge in [-0.25, -0.2) is 17.5 Å². The maximum absolute atomic E-state index is 13.7. The van der Waals surface area contributed by atoms with Crippen LogP contribution in [0.4, 0.5) is 4.39 Å². The van der Waals surface area contributed by atoms with E-state index in [1.807, 2.05) is 0 Å². The summed E-state index contributed by atoms with van der Waals surface area (Å²) in [5.74, 6) is -0.635. The number of nitrogens with one attached hydrogen (secondary N) is 1. The molecule has 0 aliphatic heterocycles. The summed E-state index contributed by atoms with van der Waals surface area (Å²) in [4.78, 5) is -0.335. The van der Waals surface area contributed by atoms with Gasteiger partial charge in [0.1, 0.15) is 10.7 Å². The van der Waals surface area contributed by atoms with Crippen LogP contribution in [0.25, 0.3) is 0 Å². The minimum absolute atomic E-state index is 0.125. The number of halogens is 2. The highest BCUT2D eigenvalue weighted by molar-refractivity contribution is 9.10. The van der Waals surface area contributed by atoms with E-state index < -0.39 is 15.8 Å². The van der Waals surface area contributed by atoms with E-state index in [0.29, 0.717) is 6.54 Å². The van der Waals surface area contributed by atoms with Gasteiger partial charge in [0.2, 0.25) is 10.0 Å². The van der Waals surface area contributed by atoms with Crippen molar-refractivity contribution in [2.24, 2.45) is 11.7 Å². The zero-order valence-corrected chi connectivity index (χ0v) is 12.7. The Balaban J connectivity index is 2.28. The van der Waals surface area contributed by atoms with Gasteiger partial charge in [-0.1, -0.05) is 12.5 Å². The molecule has 2 atom stereocenters. The van der Waals surface area contributed by atoms with Gasteiger partial charge in [-0.3, -0.25) is 0 Å². The fourth-order valence-corrected chi connectivity index (χ4v) is 4.93. The van der Waals surface area contributed by atoms with Gasteiger partial charge in [0.05, 0.1) is 0 Å². The Morgan fingerprint density at radius 1 is 1.42 bits per heavy atom. The van der Waals surface area contributed by atoms with Gasteiger partial charge < -0.3 is 5.73 Å². The molecule has 1 aromatic rings. The van der Waals surface area contributed by atoms with Gasteiger partial charge in [-0.05, 0) is 53.4 Å². The molecule has 0 aromatic heterocycles. The predicted molar refractivity (Wildman–Crippen MR) is 74.6 cm³/mol. The second-order valence-electron chi connectivity index (χ2n) is 4.71. The maximum Gasteiger partial charge on any atom is 0.244 e. The van der Waals surface area contributed by atoms with Gasteiger partial charge in [0.15, 0.2) is 0 Å². The lowest BCUT2D eigenvalue weighted by Crippen LogP contribution is -2.40. The lowest BCUT2D eigenvalue weighted by molar-refractivity contribution is 0.450. The third-order valence-corrected chi connectivity index (χ3v) is 5.94. The first-order valence-corrected chi connectivity index (χ1v) is 8.39. The molecule has 7 heteroatoms. The Bertz CT molecular complexity index is 545. The third kappa shape index (κ3) is 3.16. The van der Waals surface area contributed by atoms with Crippen molar-refractivity contribution in [3.05, 3.63) is 28.5 Å². The first-order valence-electron chi connectivity index (χ1n) is 6.12. The van der Waals surface area contributed by atoms with Crippen LogP contribution < -0.4 is 10.5 Å². The topological polar surface area (TPSA) is 72.2 Å². The van der Waals surface area contributed by atoms with E-state index in [-0.39, 0.29) is 21.3 Å². The van der Waals surface area contributed by atoms with Crippen molar-refractivity contribution >= 4 is 26.0 Å². The fraction of sp³-hybridized carbons (Fsp3) is 0.500. The molecule has 19 heavy (non-hydrogen) atoms. The summed E-state index contributed by atoms with van der Waals surface area (Å²) in [6.45, 7) is 0.436. The molecule has 1 fully saturated rings. The van der Waals surface area contributed by atoms with Gasteiger partial charge in [-0.2, -0.15) is 0 Å². The van der Waals surface area contributed by atoms with Crippen molar-refractivity contribution in [1.82, 2.24) is 4.72 Å². The molecule has 1 aliphatic carbocycles. The number of benzene rings is 1. The summed E-state index contributed by atoms with van der Waals surface area (Å²) >= 11 is 3.08. The molecule has 2 unspecified atom stereocenters. The molecule has 0 heterocycles. The lowest BCUT2D eigenvalue weighted by atomic mass is 10.1. The Morgan fingerprint density at radius 2 is 2.16 bits per heavy atom. The second kappa shape index (κ2) is 5.87. The van der Waals surface area contributed by atoms with Crippen molar-refractivity contribution in [3.63, 3.8) is 0 Å². The summed E-state index contributed by atoms with van der Waals surface area (Å²) in [7, 11) is -3.88. The van der Waals surface area contributed by atoms with Gasteiger partial charge >= 0.3 is 0 Å². The van der Waals surface area contributed by atoms with Crippen molar-refractivity contribution in [3.8, 4) is 0 Å². The second-order valence-corrected chi connectivity index (χ2v) is 7.21. The number of nitrogens with two attached hydrogens (primary N) is 1. The highest BCUT2D eigenvalue weighted by atomic mass is 79.9. The first-order chi connectivity index (χ1) is 8.95. The Kier molecular flexibility index (Phi) is 4.60. The van der Waals surface area contributed by atoms with Gasteiger partial charge in [0.25, 0.3) is 0 Å². The maximum atomic E-state index is 13.7. The predicted octanol–water partition coefficient (Wildman–Crippen LogP) is 1.99. The first kappa shape index (κ1) is 14.9. The summed E-state index contributed by atoms with van der Waals surface area (Å²) in [5, 5.41) is 0. The van der Waals surface area contributed by atoms with Crippen LogP contribution >= 0.6 is 15.9 Å². The van der Waals surface area contributed by atoms with Gasteiger partial charge in [0, 0.05) is 10.5 Å². The number of rotatable bonds is 4. The zero-order valence-electron chi connectivity index (χ0n) is 10.3. The Morgan fingerprint density at radius 3 is 2.79 bits per heavy atom. The highest BCUT2D eigenvalue weighted by Gasteiger charge is 2.32. The minimum Gasteiger partial charge on any atom is -0.330 e. The molecule has 1 saturated carbocycles. The molecule has 4 nitrogen and oxygen atoms in total. The molecule has 3 N–H and O–H groups in total. The summed E-state index contributed by atoms with van der Waals surface area (Å²) in [6, 6.07) is 3.89. The average molecular weight is 351 g/mol. The molecule has 2 rings (SSSR count). The van der Waals surface area contributed by atoms with E-state index in [0.717, 1.165) is 25.3 Å². The quantitative estimate of drug-likeness (QED) is 0.872. The standard InChI is InChI=1S/C12H16BrFN2O2S/c13-9-4-2-5-10(14)12(9)19(17,18)16-11-6-1-3-8(11)7-15/h2,4-5,8,11,16H,1,3,6-7,15H2. The fourth-order valence-electron chi connectivity index (χ4n) is 2.47. The molecule has 1 aromatic carbocycles. The SMILES string of the molecule is NCC1CCCC1NS(=O)(=O)c1c(F)cccc1Br. The number of sulfonamides is 1. The van der Waals surface area contributed by atoms with E-state index in [2.05, 4.69) is 20.7 Å². The molecule has 0 radical (unpaired) electrons. The average Bonchev–Trinajstić information content (AvgIpc) is 2.74. The molecular formula is C12H16BrFN2O2S. The summed E-state index contributed by atoms with van der Waals surface area (Å²) < 4.78 is 41.1. The largest absolute Gasteiger partial charge is 0.330 e. The normalized spacial score (nSPS) is 23.7. The lowest BCUT2D eigenvalue weighted by Gasteiger charge is -2.20. The highest BCUT2D eigenvalue weighted by Crippen LogP contribution is 2.29. The molecule has 0 amide bonds. The summed E-state index contributed by atoms with van der Waals surface area (Å²) in [6.07, 6.45) is 2.59. The van der Waals surface area contributed by atoms with Gasteiger partial charge in [-0.15, -0.1) is 0 Å².